The fraction of sp³-hybridized carbons (Fsp3) is 0.857. The topological polar surface area (TPSA) is 51.1 Å². The van der Waals surface area contributed by atoms with E-state index in [4.69, 9.17) is 9.47 Å². The lowest BCUT2D eigenvalue weighted by Crippen LogP contribution is -2.28. The maximum atomic E-state index is 11.2. The zero-order valence-electron chi connectivity index (χ0n) is 12.3. The van der Waals surface area contributed by atoms with Gasteiger partial charge in [0.1, 0.15) is 0 Å². The minimum absolute atomic E-state index is 0.140. The smallest absolute Gasteiger partial charge is 0.305 e. The summed E-state index contributed by atoms with van der Waals surface area (Å²) in [6.07, 6.45) is 6.51. The van der Waals surface area contributed by atoms with Gasteiger partial charge in [0.15, 0.2) is 0 Å². The Morgan fingerprint density at radius 2 is 2.32 bits per heavy atom. The molecule has 1 saturated heterocycles. The summed E-state index contributed by atoms with van der Waals surface area (Å²) in [6.45, 7) is 3.82. The largest absolute Gasteiger partial charge is 0.469 e. The third kappa shape index (κ3) is 5.59. The van der Waals surface area contributed by atoms with Crippen LogP contribution in [0.3, 0.4) is 0 Å². The summed E-state index contributed by atoms with van der Waals surface area (Å²) in [6, 6.07) is 0.405. The predicted molar refractivity (Wildman–Crippen MR) is 75.1 cm³/mol. The Hall–Kier alpha value is -1.10. The molecule has 1 heterocycles. The highest BCUT2D eigenvalue weighted by molar-refractivity contribution is 5.70. The fourth-order valence-corrected chi connectivity index (χ4v) is 2.35. The summed E-state index contributed by atoms with van der Waals surface area (Å²) in [5, 5.41) is 6.63. The van der Waals surface area contributed by atoms with Crippen LogP contribution < -0.4 is 0 Å². The molecule has 5 nitrogen and oxygen atoms in total. The van der Waals surface area contributed by atoms with Crippen LogP contribution in [-0.4, -0.2) is 50.6 Å². The molecule has 0 saturated carbocycles. The Morgan fingerprint density at radius 1 is 1.53 bits per heavy atom. The van der Waals surface area contributed by atoms with Crippen LogP contribution in [0.15, 0.2) is 5.10 Å². The Bertz CT molecular complexity index is 294. The third-order valence-corrected chi connectivity index (χ3v) is 3.63. The monoisotopic (exact) mass is 270 g/mol. The first-order chi connectivity index (χ1) is 9.21. The number of hydrazone groups is 1. The number of hydrogen-bond acceptors (Lipinski definition) is 5. The summed E-state index contributed by atoms with van der Waals surface area (Å²) in [5.74, 6) is 0.179. The van der Waals surface area contributed by atoms with Crippen molar-refractivity contribution in [3.8, 4) is 0 Å². The second kappa shape index (κ2) is 8.91. The molecule has 0 spiro atoms. The summed E-state index contributed by atoms with van der Waals surface area (Å²) >= 11 is 0. The van der Waals surface area contributed by atoms with Gasteiger partial charge in [0, 0.05) is 26.3 Å². The molecule has 0 amide bonds. The van der Waals surface area contributed by atoms with E-state index in [1.165, 1.54) is 13.5 Å². The molecule has 0 radical (unpaired) electrons. The zero-order chi connectivity index (χ0) is 14.1. The molecule has 1 fully saturated rings. The van der Waals surface area contributed by atoms with Gasteiger partial charge in [-0.1, -0.05) is 13.3 Å². The van der Waals surface area contributed by atoms with Crippen LogP contribution in [0.1, 0.15) is 39.0 Å². The molecule has 0 aromatic rings. The minimum Gasteiger partial charge on any atom is -0.469 e. The first kappa shape index (κ1) is 16.0. The van der Waals surface area contributed by atoms with E-state index in [0.717, 1.165) is 32.4 Å². The van der Waals surface area contributed by atoms with Crippen molar-refractivity contribution in [2.24, 2.45) is 11.0 Å². The molecule has 19 heavy (non-hydrogen) atoms. The van der Waals surface area contributed by atoms with E-state index in [-0.39, 0.29) is 5.97 Å². The van der Waals surface area contributed by atoms with Crippen molar-refractivity contribution >= 4 is 12.2 Å². The highest BCUT2D eigenvalue weighted by Gasteiger charge is 2.22. The first-order valence-electron chi connectivity index (χ1n) is 7.06. The van der Waals surface area contributed by atoms with Crippen molar-refractivity contribution < 1.29 is 14.3 Å². The maximum absolute atomic E-state index is 11.2. The first-order valence-corrected chi connectivity index (χ1v) is 7.06. The van der Waals surface area contributed by atoms with Crippen LogP contribution in [0, 0.1) is 5.92 Å². The van der Waals surface area contributed by atoms with E-state index in [1.54, 1.807) is 7.11 Å². The summed E-state index contributed by atoms with van der Waals surface area (Å²) in [4.78, 5) is 11.2. The Kier molecular flexibility index (Phi) is 7.48. The molecular formula is C14H26N2O3. The number of hydrogen-bond donors (Lipinski definition) is 0. The molecule has 0 aromatic heterocycles. The van der Waals surface area contributed by atoms with Gasteiger partial charge in [-0.05, 0) is 25.2 Å². The van der Waals surface area contributed by atoms with E-state index < -0.39 is 0 Å². The van der Waals surface area contributed by atoms with Gasteiger partial charge in [0.2, 0.25) is 0 Å². The summed E-state index contributed by atoms with van der Waals surface area (Å²) < 4.78 is 9.90. The quantitative estimate of drug-likeness (QED) is 0.500. The molecule has 0 unspecified atom stereocenters. The fourth-order valence-electron chi connectivity index (χ4n) is 2.35. The van der Waals surface area contributed by atoms with Gasteiger partial charge in [0.25, 0.3) is 0 Å². The summed E-state index contributed by atoms with van der Waals surface area (Å²) in [5.41, 5.74) is 0. The average molecular weight is 270 g/mol. The minimum atomic E-state index is -0.140. The Balaban J connectivity index is 2.36. The van der Waals surface area contributed by atoms with Gasteiger partial charge < -0.3 is 9.47 Å². The second-order valence-electron chi connectivity index (χ2n) is 5.00. The number of carbonyl (C=O) groups excluding carboxylic acids is 1. The predicted octanol–water partition coefficient (Wildman–Crippen LogP) is 2.06. The molecule has 2 atom stereocenters. The number of carbonyl (C=O) groups is 1. The molecule has 1 aliphatic heterocycles. The number of esters is 1. The molecule has 110 valence electrons. The van der Waals surface area contributed by atoms with Gasteiger partial charge in [-0.3, -0.25) is 9.80 Å². The van der Waals surface area contributed by atoms with E-state index in [0.29, 0.717) is 18.4 Å². The second-order valence-corrected chi connectivity index (χ2v) is 5.00. The van der Waals surface area contributed by atoms with Crippen molar-refractivity contribution in [3.63, 3.8) is 0 Å². The lowest BCUT2D eigenvalue weighted by Gasteiger charge is -2.20. The van der Waals surface area contributed by atoms with Crippen LogP contribution in [0.5, 0.6) is 0 Å². The van der Waals surface area contributed by atoms with Crippen molar-refractivity contribution in [2.45, 2.75) is 45.1 Å². The molecule has 1 rings (SSSR count). The molecule has 0 N–H and O–H groups in total. The molecule has 0 bridgehead atoms. The van der Waals surface area contributed by atoms with E-state index >= 15 is 0 Å². The highest BCUT2D eigenvalue weighted by Crippen LogP contribution is 2.18. The van der Waals surface area contributed by atoms with E-state index in [9.17, 15) is 4.79 Å². The van der Waals surface area contributed by atoms with Crippen LogP contribution in [0.4, 0.5) is 0 Å². The van der Waals surface area contributed by atoms with Crippen molar-refractivity contribution in [2.75, 3.05) is 27.4 Å². The van der Waals surface area contributed by atoms with Crippen LogP contribution in [0.2, 0.25) is 0 Å². The molecular weight excluding hydrogens is 244 g/mol. The zero-order valence-corrected chi connectivity index (χ0v) is 12.3. The van der Waals surface area contributed by atoms with Crippen molar-refractivity contribution in [1.82, 2.24) is 5.01 Å². The number of nitrogens with zero attached hydrogens (tertiary/aromatic N) is 2. The summed E-state index contributed by atoms with van der Waals surface area (Å²) in [7, 11) is 3.16. The third-order valence-electron chi connectivity index (χ3n) is 3.63. The standard InChI is InChI=1S/C14H26N2O3/c1-4-12(10-14(17)19-3)7-8-15-16-9-5-6-13(16)11-18-2/h8,12-13H,4-7,9-11H2,1-3H3/b15-8+/t12-,13+/m1/s1. The molecule has 5 heteroatoms. The van der Waals surface area contributed by atoms with E-state index in [1.807, 2.05) is 6.21 Å². The van der Waals surface area contributed by atoms with Gasteiger partial charge in [-0.15, -0.1) is 0 Å². The van der Waals surface area contributed by atoms with Crippen LogP contribution >= 0.6 is 0 Å². The highest BCUT2D eigenvalue weighted by atomic mass is 16.5. The van der Waals surface area contributed by atoms with E-state index in [2.05, 4.69) is 17.0 Å². The maximum Gasteiger partial charge on any atom is 0.305 e. The van der Waals surface area contributed by atoms with Gasteiger partial charge in [-0.2, -0.15) is 5.10 Å². The van der Waals surface area contributed by atoms with Crippen molar-refractivity contribution in [1.29, 1.82) is 0 Å². The van der Waals surface area contributed by atoms with Gasteiger partial charge in [0.05, 0.1) is 19.8 Å². The lowest BCUT2D eigenvalue weighted by atomic mass is 9.99. The van der Waals surface area contributed by atoms with Crippen LogP contribution in [-0.2, 0) is 14.3 Å². The molecule has 0 aromatic carbocycles. The van der Waals surface area contributed by atoms with Gasteiger partial charge in [-0.25, -0.2) is 0 Å². The number of methoxy groups -OCH3 is 2. The van der Waals surface area contributed by atoms with Gasteiger partial charge >= 0.3 is 5.97 Å². The Morgan fingerprint density at radius 3 is 2.95 bits per heavy atom. The lowest BCUT2D eigenvalue weighted by molar-refractivity contribution is -0.141. The van der Waals surface area contributed by atoms with Crippen molar-refractivity contribution in [3.05, 3.63) is 0 Å². The molecule has 1 aliphatic rings. The van der Waals surface area contributed by atoms with Crippen LogP contribution in [0.25, 0.3) is 0 Å². The average Bonchev–Trinajstić information content (AvgIpc) is 2.85. The molecule has 0 aliphatic carbocycles. The normalized spacial score (nSPS) is 21.0. The Labute approximate surface area is 115 Å². The number of rotatable bonds is 8. The number of ether oxygens (including phenoxy) is 2. The SMILES string of the molecule is CC[C@H](C/C=N/N1CCC[C@H]1COC)CC(=O)OC.